The van der Waals surface area contributed by atoms with Crippen molar-refractivity contribution in [1.29, 1.82) is 0 Å². The molecule has 2 heterocycles. The highest BCUT2D eigenvalue weighted by Gasteiger charge is 2.38. The summed E-state index contributed by atoms with van der Waals surface area (Å²) in [5.41, 5.74) is 8.89. The molecule has 1 aliphatic heterocycles. The van der Waals surface area contributed by atoms with Gasteiger partial charge in [0.05, 0.1) is 11.6 Å². The molecule has 6 rings (SSSR count). The molecule has 3 nitrogen and oxygen atoms in total. The van der Waals surface area contributed by atoms with Crippen molar-refractivity contribution in [3.8, 4) is 0 Å². The Bertz CT molecular complexity index is 1390. The number of pyridine rings is 1. The van der Waals surface area contributed by atoms with Crippen molar-refractivity contribution in [2.75, 3.05) is 5.32 Å². The number of ketones is 1. The van der Waals surface area contributed by atoms with Gasteiger partial charge in [-0.1, -0.05) is 60.7 Å². The second-order valence-corrected chi connectivity index (χ2v) is 8.82. The average molecular weight is 417 g/mol. The predicted octanol–water partition coefficient (Wildman–Crippen LogP) is 6.61. The monoisotopic (exact) mass is 416 g/mol. The molecule has 1 aliphatic carbocycles. The topological polar surface area (TPSA) is 42.0 Å². The Kier molecular flexibility index (Phi) is 4.43. The second kappa shape index (κ2) is 7.45. The lowest BCUT2D eigenvalue weighted by Crippen LogP contribution is -2.30. The first-order chi connectivity index (χ1) is 15.7. The fraction of sp³-hybridized carbons (Fsp3) is 0.172. The molecule has 0 amide bonds. The minimum absolute atomic E-state index is 0.128. The Morgan fingerprint density at radius 2 is 1.69 bits per heavy atom. The summed E-state index contributed by atoms with van der Waals surface area (Å²) in [6, 6.07) is 27.0. The molecule has 32 heavy (non-hydrogen) atoms. The van der Waals surface area contributed by atoms with Crippen LogP contribution in [0.2, 0.25) is 0 Å². The SMILES string of the molecule is Cc1ccccc1[C@@H]1Nc2ccc3ncccc3c2C2=C1C(=O)C[C@@H](c1ccccc1)C2. The fourth-order valence-electron chi connectivity index (χ4n) is 5.43. The first kappa shape index (κ1) is 19.0. The molecule has 0 bridgehead atoms. The molecule has 0 saturated heterocycles. The highest BCUT2D eigenvalue weighted by atomic mass is 16.1. The highest BCUT2D eigenvalue weighted by Crippen LogP contribution is 2.51. The summed E-state index contributed by atoms with van der Waals surface area (Å²) in [7, 11) is 0. The third-order valence-corrected chi connectivity index (χ3v) is 6.95. The first-order valence-electron chi connectivity index (χ1n) is 11.2. The molecule has 1 aromatic heterocycles. The molecule has 0 spiro atoms. The van der Waals surface area contributed by atoms with E-state index in [0.717, 1.165) is 34.1 Å². The number of nitrogens with zero attached hydrogens (tertiary/aromatic N) is 1. The number of Topliss-reactive ketones (excluding diaryl/α,β-unsaturated/α-hetero) is 1. The third-order valence-electron chi connectivity index (χ3n) is 6.95. The van der Waals surface area contributed by atoms with Crippen molar-refractivity contribution in [2.45, 2.75) is 31.7 Å². The van der Waals surface area contributed by atoms with E-state index in [2.05, 4.69) is 84.0 Å². The van der Waals surface area contributed by atoms with Crippen molar-refractivity contribution in [2.24, 2.45) is 0 Å². The van der Waals surface area contributed by atoms with Gasteiger partial charge in [-0.2, -0.15) is 0 Å². The standard InChI is InChI=1S/C29H24N2O/c1-18-8-5-6-11-21(18)29-28-23(16-20(17-26(28)32)19-9-3-2-4-10-19)27-22-12-7-15-30-24(22)13-14-25(27)31-29/h2-15,20,29,31H,16-17H2,1H3/t20-,29-/m0/s1. The number of aryl methyl sites for hydroxylation is 1. The van der Waals surface area contributed by atoms with E-state index in [0.29, 0.717) is 6.42 Å². The number of rotatable bonds is 2. The largest absolute Gasteiger partial charge is 0.373 e. The number of carbonyl (C=O) groups excluding carboxylic acids is 1. The third kappa shape index (κ3) is 2.96. The Morgan fingerprint density at radius 1 is 0.875 bits per heavy atom. The number of allylic oxidation sites excluding steroid dienone is 1. The van der Waals surface area contributed by atoms with Crippen LogP contribution >= 0.6 is 0 Å². The summed E-state index contributed by atoms with van der Waals surface area (Å²) in [6.45, 7) is 2.12. The molecule has 0 saturated carbocycles. The van der Waals surface area contributed by atoms with Crippen molar-refractivity contribution in [3.63, 3.8) is 0 Å². The molecule has 0 unspecified atom stereocenters. The maximum Gasteiger partial charge on any atom is 0.162 e. The summed E-state index contributed by atoms with van der Waals surface area (Å²) in [6.07, 6.45) is 3.23. The summed E-state index contributed by atoms with van der Waals surface area (Å²) in [4.78, 5) is 18.3. The number of benzene rings is 3. The maximum absolute atomic E-state index is 13.7. The molecule has 4 aromatic rings. The smallest absolute Gasteiger partial charge is 0.162 e. The number of hydrogen-bond acceptors (Lipinski definition) is 3. The van der Waals surface area contributed by atoms with Gasteiger partial charge in [-0.15, -0.1) is 0 Å². The van der Waals surface area contributed by atoms with Crippen LogP contribution in [0.15, 0.2) is 90.6 Å². The minimum atomic E-state index is -0.128. The van der Waals surface area contributed by atoms with E-state index in [1.165, 1.54) is 22.3 Å². The summed E-state index contributed by atoms with van der Waals surface area (Å²) < 4.78 is 0. The van der Waals surface area contributed by atoms with Crippen molar-refractivity contribution >= 4 is 27.9 Å². The molecule has 3 aromatic carbocycles. The Labute approximate surface area is 187 Å². The lowest BCUT2D eigenvalue weighted by molar-refractivity contribution is -0.116. The molecule has 0 radical (unpaired) electrons. The van der Waals surface area contributed by atoms with Gasteiger partial charge in [0.25, 0.3) is 0 Å². The van der Waals surface area contributed by atoms with E-state index in [4.69, 9.17) is 0 Å². The average Bonchev–Trinajstić information content (AvgIpc) is 2.84. The van der Waals surface area contributed by atoms with Crippen LogP contribution in [-0.4, -0.2) is 10.8 Å². The summed E-state index contributed by atoms with van der Waals surface area (Å²) in [5, 5.41) is 4.83. The minimum Gasteiger partial charge on any atom is -0.373 e. The first-order valence-corrected chi connectivity index (χ1v) is 11.2. The molecule has 156 valence electrons. The van der Waals surface area contributed by atoms with E-state index >= 15 is 0 Å². The van der Waals surface area contributed by atoms with Gasteiger partial charge < -0.3 is 5.32 Å². The van der Waals surface area contributed by atoms with E-state index < -0.39 is 0 Å². The van der Waals surface area contributed by atoms with Crippen molar-refractivity contribution in [1.82, 2.24) is 4.98 Å². The number of carbonyl (C=O) groups is 1. The normalized spacial score (nSPS) is 20.0. The van der Waals surface area contributed by atoms with E-state index in [-0.39, 0.29) is 17.7 Å². The summed E-state index contributed by atoms with van der Waals surface area (Å²) >= 11 is 0. The highest BCUT2D eigenvalue weighted by molar-refractivity contribution is 6.12. The zero-order valence-corrected chi connectivity index (χ0v) is 18.0. The van der Waals surface area contributed by atoms with Crippen LogP contribution in [0.25, 0.3) is 16.5 Å². The van der Waals surface area contributed by atoms with Crippen LogP contribution in [0, 0.1) is 6.92 Å². The second-order valence-electron chi connectivity index (χ2n) is 8.82. The van der Waals surface area contributed by atoms with Crippen LogP contribution in [-0.2, 0) is 4.79 Å². The van der Waals surface area contributed by atoms with E-state index in [1.54, 1.807) is 0 Å². The number of aromatic nitrogens is 1. The molecule has 3 heteroatoms. The van der Waals surface area contributed by atoms with Gasteiger partial charge in [-0.05, 0) is 59.7 Å². The Morgan fingerprint density at radius 3 is 2.53 bits per heavy atom. The van der Waals surface area contributed by atoms with Gasteiger partial charge in [0, 0.05) is 34.8 Å². The van der Waals surface area contributed by atoms with Crippen LogP contribution in [0.5, 0.6) is 0 Å². The van der Waals surface area contributed by atoms with Gasteiger partial charge in [0.1, 0.15) is 0 Å². The van der Waals surface area contributed by atoms with Gasteiger partial charge >= 0.3 is 0 Å². The quantitative estimate of drug-likeness (QED) is 0.400. The van der Waals surface area contributed by atoms with Gasteiger partial charge in [-0.3, -0.25) is 9.78 Å². The number of anilines is 1. The number of fused-ring (bicyclic) bond motifs is 4. The zero-order valence-electron chi connectivity index (χ0n) is 18.0. The van der Waals surface area contributed by atoms with Gasteiger partial charge in [0.15, 0.2) is 5.78 Å². The zero-order chi connectivity index (χ0) is 21.7. The van der Waals surface area contributed by atoms with Gasteiger partial charge in [0.2, 0.25) is 0 Å². The number of nitrogens with one attached hydrogen (secondary N) is 1. The molecule has 2 aliphatic rings. The van der Waals surface area contributed by atoms with Crippen LogP contribution < -0.4 is 5.32 Å². The Hall–Kier alpha value is -3.72. The van der Waals surface area contributed by atoms with Gasteiger partial charge in [-0.25, -0.2) is 0 Å². The summed E-state index contributed by atoms with van der Waals surface area (Å²) in [5.74, 6) is 0.435. The van der Waals surface area contributed by atoms with Crippen LogP contribution in [0.3, 0.4) is 0 Å². The molecular formula is C29H24N2O. The predicted molar refractivity (Wildman–Crippen MR) is 130 cm³/mol. The number of hydrogen-bond donors (Lipinski definition) is 1. The lowest BCUT2D eigenvalue weighted by Gasteiger charge is -2.38. The Balaban J connectivity index is 1.60. The van der Waals surface area contributed by atoms with E-state index in [9.17, 15) is 4.79 Å². The molecule has 1 N–H and O–H groups in total. The van der Waals surface area contributed by atoms with Crippen LogP contribution in [0.1, 0.15) is 47.1 Å². The van der Waals surface area contributed by atoms with E-state index in [1.807, 2.05) is 18.3 Å². The van der Waals surface area contributed by atoms with Crippen molar-refractivity contribution < 1.29 is 4.79 Å². The molecular weight excluding hydrogens is 392 g/mol. The maximum atomic E-state index is 13.7. The lowest BCUT2D eigenvalue weighted by atomic mass is 9.71. The van der Waals surface area contributed by atoms with Crippen LogP contribution in [0.4, 0.5) is 5.69 Å². The molecule has 0 fully saturated rings. The van der Waals surface area contributed by atoms with Crippen molar-refractivity contribution in [3.05, 3.63) is 113 Å². The fourth-order valence-corrected chi connectivity index (χ4v) is 5.43. The molecule has 2 atom stereocenters.